The van der Waals surface area contributed by atoms with E-state index in [1.807, 2.05) is 0 Å². The van der Waals surface area contributed by atoms with Gasteiger partial charge in [-0.25, -0.2) is 0 Å². The molecule has 0 spiro atoms. The fraction of sp³-hybridized carbons (Fsp3) is 0.250. The van der Waals surface area contributed by atoms with E-state index in [0.29, 0.717) is 4.47 Å². The summed E-state index contributed by atoms with van der Waals surface area (Å²) in [5.41, 5.74) is 0. The van der Waals surface area contributed by atoms with Gasteiger partial charge in [0.25, 0.3) is 0 Å². The van der Waals surface area contributed by atoms with Gasteiger partial charge in [-0.1, -0.05) is 6.07 Å². The van der Waals surface area contributed by atoms with E-state index in [1.165, 1.54) is 18.2 Å². The second-order valence-corrected chi connectivity index (χ2v) is 3.11. The van der Waals surface area contributed by atoms with E-state index in [-0.39, 0.29) is 5.75 Å². The standard InChI is InChI=1S/C8H5BrF3O/c9-6-3-1-2-4-7(6)13-5-8(10,11)12/h2-4H,5H2. The summed E-state index contributed by atoms with van der Waals surface area (Å²) in [6.45, 7) is -1.28. The SMILES string of the molecule is FC(F)(F)COc1cc[c]cc1Br. The Bertz CT molecular complexity index is 285. The van der Waals surface area contributed by atoms with Gasteiger partial charge in [-0.2, -0.15) is 13.2 Å². The lowest BCUT2D eigenvalue weighted by Gasteiger charge is -2.09. The van der Waals surface area contributed by atoms with Crippen LogP contribution in [-0.4, -0.2) is 12.8 Å². The summed E-state index contributed by atoms with van der Waals surface area (Å²) in [7, 11) is 0. The highest BCUT2D eigenvalue weighted by Crippen LogP contribution is 2.25. The van der Waals surface area contributed by atoms with Gasteiger partial charge in [0.15, 0.2) is 6.61 Å². The van der Waals surface area contributed by atoms with E-state index >= 15 is 0 Å². The number of ether oxygens (including phenoxy) is 1. The van der Waals surface area contributed by atoms with E-state index in [4.69, 9.17) is 0 Å². The van der Waals surface area contributed by atoms with Gasteiger partial charge in [-0.15, -0.1) is 0 Å². The number of alkyl halides is 3. The Labute approximate surface area is 81.6 Å². The van der Waals surface area contributed by atoms with Crippen molar-refractivity contribution >= 4 is 15.9 Å². The third-order valence-corrected chi connectivity index (χ3v) is 1.79. The lowest BCUT2D eigenvalue weighted by molar-refractivity contribution is -0.153. The van der Waals surface area contributed by atoms with Crippen LogP contribution in [0.15, 0.2) is 22.7 Å². The van der Waals surface area contributed by atoms with Crippen LogP contribution in [0.1, 0.15) is 0 Å². The first-order valence-corrected chi connectivity index (χ1v) is 4.13. The summed E-state index contributed by atoms with van der Waals surface area (Å²) in [5.74, 6) is 0.163. The largest absolute Gasteiger partial charge is 0.483 e. The molecule has 0 bridgehead atoms. The topological polar surface area (TPSA) is 9.23 Å². The fourth-order valence-corrected chi connectivity index (χ4v) is 1.05. The first-order chi connectivity index (χ1) is 5.99. The van der Waals surface area contributed by atoms with Crippen LogP contribution < -0.4 is 4.74 Å². The predicted octanol–water partition coefficient (Wildman–Crippen LogP) is 3.19. The number of halogens is 4. The molecule has 5 heteroatoms. The third-order valence-electron chi connectivity index (χ3n) is 1.17. The van der Waals surface area contributed by atoms with Gasteiger partial charge in [-0.05, 0) is 34.1 Å². The maximum absolute atomic E-state index is 11.7. The van der Waals surface area contributed by atoms with Crippen molar-refractivity contribution in [2.24, 2.45) is 0 Å². The molecule has 0 aromatic heterocycles. The maximum atomic E-state index is 11.7. The quantitative estimate of drug-likeness (QED) is 0.787. The minimum atomic E-state index is -4.31. The van der Waals surface area contributed by atoms with Crippen molar-refractivity contribution in [1.82, 2.24) is 0 Å². The van der Waals surface area contributed by atoms with Crippen molar-refractivity contribution < 1.29 is 17.9 Å². The molecule has 0 atom stereocenters. The summed E-state index contributed by atoms with van der Waals surface area (Å²) < 4.78 is 40.1. The minimum absolute atomic E-state index is 0.163. The van der Waals surface area contributed by atoms with Gasteiger partial charge in [0.05, 0.1) is 4.47 Å². The highest BCUT2D eigenvalue weighted by Gasteiger charge is 2.28. The summed E-state index contributed by atoms with van der Waals surface area (Å²) in [6, 6.07) is 7.08. The molecule has 0 fully saturated rings. The molecule has 1 aromatic rings. The number of benzene rings is 1. The first kappa shape index (κ1) is 10.4. The highest BCUT2D eigenvalue weighted by atomic mass is 79.9. The van der Waals surface area contributed by atoms with Crippen LogP contribution in [0, 0.1) is 6.07 Å². The molecule has 0 aliphatic carbocycles. The third kappa shape index (κ3) is 3.67. The van der Waals surface area contributed by atoms with Crippen molar-refractivity contribution in [3.8, 4) is 5.75 Å². The Kier molecular flexibility index (Phi) is 3.19. The van der Waals surface area contributed by atoms with Crippen molar-refractivity contribution in [1.29, 1.82) is 0 Å². The molecule has 1 aromatic carbocycles. The Balaban J connectivity index is 2.60. The molecule has 1 nitrogen and oxygen atoms in total. The molecule has 0 saturated heterocycles. The number of hydrogen-bond acceptors (Lipinski definition) is 1. The second-order valence-electron chi connectivity index (χ2n) is 2.26. The number of hydrogen-bond donors (Lipinski definition) is 0. The number of rotatable bonds is 2. The van der Waals surface area contributed by atoms with Crippen molar-refractivity contribution in [3.05, 3.63) is 28.7 Å². The van der Waals surface area contributed by atoms with Crippen LogP contribution in [-0.2, 0) is 0 Å². The average Bonchev–Trinajstić information content (AvgIpc) is 2.01. The highest BCUT2D eigenvalue weighted by molar-refractivity contribution is 9.10. The summed E-state index contributed by atoms with van der Waals surface area (Å²) in [5, 5.41) is 0. The predicted molar refractivity (Wildman–Crippen MR) is 44.5 cm³/mol. The van der Waals surface area contributed by atoms with E-state index < -0.39 is 12.8 Å². The summed E-state index contributed by atoms with van der Waals surface area (Å²) >= 11 is 3.04. The smallest absolute Gasteiger partial charge is 0.422 e. The van der Waals surface area contributed by atoms with Crippen LogP contribution in [0.25, 0.3) is 0 Å². The van der Waals surface area contributed by atoms with Crippen molar-refractivity contribution in [2.45, 2.75) is 6.18 Å². The lowest BCUT2D eigenvalue weighted by Crippen LogP contribution is -2.19. The van der Waals surface area contributed by atoms with Gasteiger partial charge >= 0.3 is 6.18 Å². The second kappa shape index (κ2) is 4.00. The first-order valence-electron chi connectivity index (χ1n) is 3.34. The van der Waals surface area contributed by atoms with Crippen molar-refractivity contribution in [3.63, 3.8) is 0 Å². The van der Waals surface area contributed by atoms with Crippen LogP contribution in [0.3, 0.4) is 0 Å². The average molecular weight is 254 g/mol. The molecule has 1 rings (SSSR count). The molecule has 0 saturated carbocycles. The van der Waals surface area contributed by atoms with Crippen LogP contribution >= 0.6 is 15.9 Å². The van der Waals surface area contributed by atoms with Crippen LogP contribution in [0.5, 0.6) is 5.75 Å². The summed E-state index contributed by atoms with van der Waals surface area (Å²) in [6.07, 6.45) is -4.31. The van der Waals surface area contributed by atoms with E-state index in [0.717, 1.165) is 0 Å². The Morgan fingerprint density at radius 2 is 2.15 bits per heavy atom. The summed E-state index contributed by atoms with van der Waals surface area (Å²) in [4.78, 5) is 0. The molecule has 13 heavy (non-hydrogen) atoms. The Morgan fingerprint density at radius 3 is 2.69 bits per heavy atom. The Hall–Kier alpha value is -0.710. The van der Waals surface area contributed by atoms with E-state index in [1.54, 1.807) is 0 Å². The fourth-order valence-electron chi connectivity index (χ4n) is 0.672. The van der Waals surface area contributed by atoms with Gasteiger partial charge in [0, 0.05) is 0 Å². The zero-order valence-corrected chi connectivity index (χ0v) is 7.95. The zero-order valence-electron chi connectivity index (χ0n) is 6.36. The molecule has 71 valence electrons. The molecule has 0 aliphatic rings. The molecule has 0 N–H and O–H groups in total. The normalized spacial score (nSPS) is 11.4. The zero-order chi connectivity index (χ0) is 9.90. The lowest BCUT2D eigenvalue weighted by atomic mass is 10.3. The van der Waals surface area contributed by atoms with E-state index in [2.05, 4.69) is 26.7 Å². The minimum Gasteiger partial charge on any atom is -0.483 e. The monoisotopic (exact) mass is 253 g/mol. The molecule has 0 amide bonds. The maximum Gasteiger partial charge on any atom is 0.422 e. The molecule has 0 heterocycles. The van der Waals surface area contributed by atoms with E-state index in [9.17, 15) is 13.2 Å². The van der Waals surface area contributed by atoms with Crippen molar-refractivity contribution in [2.75, 3.05) is 6.61 Å². The molecule has 0 unspecified atom stereocenters. The molecular weight excluding hydrogens is 249 g/mol. The molecule has 1 radical (unpaired) electrons. The Morgan fingerprint density at radius 1 is 1.46 bits per heavy atom. The van der Waals surface area contributed by atoms with Crippen LogP contribution in [0.4, 0.5) is 13.2 Å². The van der Waals surface area contributed by atoms with Crippen LogP contribution in [0.2, 0.25) is 0 Å². The van der Waals surface area contributed by atoms with Gasteiger partial charge in [0.2, 0.25) is 0 Å². The van der Waals surface area contributed by atoms with Gasteiger partial charge in [-0.3, -0.25) is 0 Å². The molecule has 0 aliphatic heterocycles. The van der Waals surface area contributed by atoms with Gasteiger partial charge in [0.1, 0.15) is 5.75 Å². The molecular formula is C8H5BrF3O. The van der Waals surface area contributed by atoms with Gasteiger partial charge < -0.3 is 4.74 Å².